The Labute approximate surface area is 86.2 Å². The van der Waals surface area contributed by atoms with E-state index in [-0.39, 0.29) is 0 Å². The van der Waals surface area contributed by atoms with Crippen LogP contribution in [-0.4, -0.2) is 19.9 Å². The zero-order chi connectivity index (χ0) is 12.5. The lowest BCUT2D eigenvalue weighted by atomic mass is 10.2. The average Bonchev–Trinajstić information content (AvgIpc) is 2.15. The molecule has 10 heteroatoms. The number of phenols is 1. The van der Waals surface area contributed by atoms with Crippen molar-refractivity contribution in [2.75, 3.05) is 0 Å². The van der Waals surface area contributed by atoms with Crippen molar-refractivity contribution in [1.29, 1.82) is 0 Å². The van der Waals surface area contributed by atoms with E-state index in [1.54, 1.807) is 0 Å². The summed E-state index contributed by atoms with van der Waals surface area (Å²) in [5.74, 6) is -0.998. The van der Waals surface area contributed by atoms with Crippen LogP contribution in [0.3, 0.4) is 0 Å². The number of hydrogen-bond acceptors (Lipinski definition) is 7. The summed E-state index contributed by atoms with van der Waals surface area (Å²) >= 11 is 0. The van der Waals surface area contributed by atoms with Crippen LogP contribution in [0.2, 0.25) is 0 Å². The normalized spacial score (nSPS) is 9.75. The monoisotopic (exact) mass is 229 g/mol. The number of phenolic OH excluding ortho intramolecular Hbond substituents is 1. The van der Waals surface area contributed by atoms with E-state index < -0.39 is 37.6 Å². The van der Waals surface area contributed by atoms with E-state index in [1.807, 2.05) is 0 Å². The lowest BCUT2D eigenvalue weighted by Gasteiger charge is -1.97. The zero-order valence-electron chi connectivity index (χ0n) is 7.39. The molecule has 1 N–H and O–H groups in total. The van der Waals surface area contributed by atoms with E-state index >= 15 is 0 Å². The molecule has 0 unspecified atom stereocenters. The van der Waals surface area contributed by atoms with Gasteiger partial charge in [-0.05, 0) is 0 Å². The summed E-state index contributed by atoms with van der Waals surface area (Å²) in [5, 5.41) is 40.2. The molecule has 0 radical (unpaired) electrons. The summed E-state index contributed by atoms with van der Waals surface area (Å²) in [4.78, 5) is 27.8. The van der Waals surface area contributed by atoms with E-state index in [2.05, 4.69) is 0 Å². The average molecular weight is 229 g/mol. The predicted molar refractivity (Wildman–Crippen MR) is 48.1 cm³/mol. The van der Waals surface area contributed by atoms with Gasteiger partial charge in [-0.1, -0.05) is 0 Å². The van der Waals surface area contributed by atoms with Crippen molar-refractivity contribution >= 4 is 17.1 Å². The van der Waals surface area contributed by atoms with Crippen molar-refractivity contribution in [3.8, 4) is 5.75 Å². The molecule has 0 aromatic heterocycles. The largest absolute Gasteiger partial charge is 0.502 e. The van der Waals surface area contributed by atoms with Crippen LogP contribution in [0.15, 0.2) is 12.1 Å². The van der Waals surface area contributed by atoms with Gasteiger partial charge in [0.25, 0.3) is 0 Å². The fraction of sp³-hybridized carbons (Fsp3) is 0. The van der Waals surface area contributed by atoms with Crippen molar-refractivity contribution in [2.45, 2.75) is 0 Å². The second kappa shape index (κ2) is 3.76. The van der Waals surface area contributed by atoms with Gasteiger partial charge in [0.05, 0.1) is 20.8 Å². The summed E-state index contributed by atoms with van der Waals surface area (Å²) < 4.78 is 0. The maximum atomic E-state index is 10.4. The molecule has 0 aliphatic carbocycles. The number of hydrogen-bond donors (Lipinski definition) is 1. The molecular weight excluding hydrogens is 226 g/mol. The molecule has 0 heterocycles. The minimum absolute atomic E-state index is 0.341. The van der Waals surface area contributed by atoms with Gasteiger partial charge in [-0.3, -0.25) is 30.3 Å². The van der Waals surface area contributed by atoms with Crippen molar-refractivity contribution in [3.63, 3.8) is 0 Å². The number of nitrogens with zero attached hydrogens (tertiary/aromatic N) is 3. The number of nitro groups is 3. The summed E-state index contributed by atoms with van der Waals surface area (Å²) in [7, 11) is 0. The standard InChI is InChI=1S/C6H3N3O7/c10-6-2-4(8(13)14)3(7(11)12)1-5(6)9(15)16/h1-2,10H. The lowest BCUT2D eigenvalue weighted by Crippen LogP contribution is -1.98. The molecule has 0 fully saturated rings. The maximum absolute atomic E-state index is 10.4. The van der Waals surface area contributed by atoms with Gasteiger partial charge in [-0.15, -0.1) is 0 Å². The fourth-order valence-corrected chi connectivity index (χ4v) is 0.993. The van der Waals surface area contributed by atoms with E-state index in [1.165, 1.54) is 0 Å². The first-order valence-corrected chi connectivity index (χ1v) is 3.64. The lowest BCUT2D eigenvalue weighted by molar-refractivity contribution is -0.424. The highest BCUT2D eigenvalue weighted by molar-refractivity contribution is 5.64. The van der Waals surface area contributed by atoms with E-state index in [0.717, 1.165) is 0 Å². The Morgan fingerprint density at radius 1 is 0.812 bits per heavy atom. The predicted octanol–water partition coefficient (Wildman–Crippen LogP) is 1.12. The third-order valence-corrected chi connectivity index (χ3v) is 1.66. The highest BCUT2D eigenvalue weighted by atomic mass is 16.6. The van der Waals surface area contributed by atoms with Crippen molar-refractivity contribution in [2.24, 2.45) is 0 Å². The van der Waals surface area contributed by atoms with Gasteiger partial charge in [0.15, 0.2) is 0 Å². The molecule has 0 bridgehead atoms. The summed E-state index contributed by atoms with van der Waals surface area (Å²) in [6.07, 6.45) is 0. The first kappa shape index (κ1) is 11.3. The third kappa shape index (κ3) is 1.84. The van der Waals surface area contributed by atoms with Crippen LogP contribution < -0.4 is 0 Å². The minimum atomic E-state index is -1.13. The van der Waals surface area contributed by atoms with Crippen molar-refractivity contribution in [1.82, 2.24) is 0 Å². The smallest absolute Gasteiger partial charge is 0.353 e. The van der Waals surface area contributed by atoms with Crippen molar-refractivity contribution in [3.05, 3.63) is 42.5 Å². The number of rotatable bonds is 3. The summed E-state index contributed by atoms with van der Waals surface area (Å²) in [5.41, 5.74) is -3.01. The summed E-state index contributed by atoms with van der Waals surface area (Å²) in [6.45, 7) is 0. The van der Waals surface area contributed by atoms with Crippen LogP contribution in [0.5, 0.6) is 5.75 Å². The van der Waals surface area contributed by atoms with Gasteiger partial charge < -0.3 is 5.11 Å². The Morgan fingerprint density at radius 3 is 1.56 bits per heavy atom. The fourth-order valence-electron chi connectivity index (χ4n) is 0.993. The van der Waals surface area contributed by atoms with Gasteiger partial charge in [0.1, 0.15) is 6.07 Å². The highest BCUT2D eigenvalue weighted by Gasteiger charge is 2.31. The quantitative estimate of drug-likeness (QED) is 0.602. The van der Waals surface area contributed by atoms with Gasteiger partial charge >= 0.3 is 17.1 Å². The Morgan fingerprint density at radius 2 is 1.19 bits per heavy atom. The van der Waals surface area contributed by atoms with Crippen LogP contribution in [-0.2, 0) is 0 Å². The molecule has 1 aromatic rings. The molecule has 1 rings (SSSR count). The molecular formula is C6H3N3O7. The molecule has 0 spiro atoms. The second-order valence-electron chi connectivity index (χ2n) is 2.60. The Hall–Kier alpha value is -2.78. The second-order valence-corrected chi connectivity index (χ2v) is 2.60. The Bertz CT molecular complexity index is 497. The number of aromatic hydroxyl groups is 1. The molecule has 0 amide bonds. The molecule has 1 aromatic carbocycles. The van der Waals surface area contributed by atoms with Crippen LogP contribution in [0.4, 0.5) is 17.1 Å². The first-order chi connectivity index (χ1) is 7.34. The van der Waals surface area contributed by atoms with Crippen LogP contribution in [0.1, 0.15) is 0 Å². The minimum Gasteiger partial charge on any atom is -0.502 e. The molecule has 0 aliphatic heterocycles. The Kier molecular flexibility index (Phi) is 2.66. The molecule has 0 aliphatic rings. The number of benzene rings is 1. The molecule has 10 nitrogen and oxygen atoms in total. The molecule has 84 valence electrons. The van der Waals surface area contributed by atoms with Gasteiger partial charge in [0.2, 0.25) is 5.75 Å². The van der Waals surface area contributed by atoms with E-state index in [9.17, 15) is 30.3 Å². The first-order valence-electron chi connectivity index (χ1n) is 3.64. The van der Waals surface area contributed by atoms with Crippen LogP contribution in [0.25, 0.3) is 0 Å². The maximum Gasteiger partial charge on any atom is 0.353 e. The van der Waals surface area contributed by atoms with Crippen molar-refractivity contribution < 1.29 is 19.9 Å². The van der Waals surface area contributed by atoms with E-state index in [4.69, 9.17) is 5.11 Å². The SMILES string of the molecule is O=[N+]([O-])c1cc([N+](=O)[O-])c([N+](=O)[O-])cc1O. The van der Waals surface area contributed by atoms with E-state index in [0.29, 0.717) is 12.1 Å². The van der Waals surface area contributed by atoms with Crippen LogP contribution >= 0.6 is 0 Å². The Balaban J connectivity index is 3.55. The molecule has 16 heavy (non-hydrogen) atoms. The van der Waals surface area contributed by atoms with Gasteiger partial charge in [-0.2, -0.15) is 0 Å². The third-order valence-electron chi connectivity index (χ3n) is 1.66. The van der Waals surface area contributed by atoms with Crippen LogP contribution in [0, 0.1) is 30.3 Å². The zero-order valence-corrected chi connectivity index (χ0v) is 7.39. The number of nitro benzene ring substituents is 3. The van der Waals surface area contributed by atoms with Gasteiger partial charge in [-0.25, -0.2) is 0 Å². The van der Waals surface area contributed by atoms with Gasteiger partial charge in [0, 0.05) is 0 Å². The highest BCUT2D eigenvalue weighted by Crippen LogP contribution is 2.37. The molecule has 0 atom stereocenters. The topological polar surface area (TPSA) is 150 Å². The molecule has 0 saturated heterocycles. The summed E-state index contributed by atoms with van der Waals surface area (Å²) in [6, 6.07) is 0.712. The molecule has 0 saturated carbocycles.